The van der Waals surface area contributed by atoms with Gasteiger partial charge in [0.25, 0.3) is 5.69 Å². The first-order chi connectivity index (χ1) is 8.52. The fourth-order valence-electron chi connectivity index (χ4n) is 1.41. The van der Waals surface area contributed by atoms with Crippen molar-refractivity contribution in [1.82, 2.24) is 0 Å². The maximum atomic E-state index is 10.9. The van der Waals surface area contributed by atoms with Gasteiger partial charge in [-0.05, 0) is 13.0 Å². The molecule has 1 aromatic rings. The second-order valence-electron chi connectivity index (χ2n) is 3.62. The summed E-state index contributed by atoms with van der Waals surface area (Å²) in [5.74, 6) is 6.26. The van der Waals surface area contributed by atoms with E-state index in [2.05, 4.69) is 11.8 Å². The van der Waals surface area contributed by atoms with Gasteiger partial charge < -0.3 is 0 Å². The SMILES string of the molecule is CC(=O)SCCC#Cc1cccc(C)c1[N+](=O)[O-]. The van der Waals surface area contributed by atoms with Crippen molar-refractivity contribution in [2.45, 2.75) is 20.3 Å². The Bertz CT molecular complexity index is 529. The molecule has 0 amide bonds. The molecule has 0 spiro atoms. The van der Waals surface area contributed by atoms with Gasteiger partial charge in [0.1, 0.15) is 5.56 Å². The minimum Gasteiger partial charge on any atom is -0.288 e. The van der Waals surface area contributed by atoms with Gasteiger partial charge in [0.15, 0.2) is 5.12 Å². The predicted octanol–water partition coefficient (Wildman–Crippen LogP) is 2.92. The second kappa shape index (κ2) is 6.82. The summed E-state index contributed by atoms with van der Waals surface area (Å²) < 4.78 is 0. The molecule has 0 aliphatic carbocycles. The summed E-state index contributed by atoms with van der Waals surface area (Å²) in [6.07, 6.45) is 0.537. The van der Waals surface area contributed by atoms with E-state index in [4.69, 9.17) is 0 Å². The number of nitro benzene ring substituents is 1. The molecule has 0 unspecified atom stereocenters. The summed E-state index contributed by atoms with van der Waals surface area (Å²) in [5, 5.41) is 11.0. The summed E-state index contributed by atoms with van der Waals surface area (Å²) in [6, 6.07) is 5.07. The number of thioether (sulfide) groups is 1. The van der Waals surface area contributed by atoms with E-state index in [1.54, 1.807) is 25.1 Å². The molecule has 0 saturated heterocycles. The van der Waals surface area contributed by atoms with Gasteiger partial charge in [0, 0.05) is 24.7 Å². The van der Waals surface area contributed by atoms with Crippen molar-refractivity contribution in [2.24, 2.45) is 0 Å². The highest BCUT2D eigenvalue weighted by Gasteiger charge is 2.14. The van der Waals surface area contributed by atoms with Gasteiger partial charge in [-0.2, -0.15) is 0 Å². The molecule has 0 aromatic heterocycles. The molecular weight excluding hydrogens is 250 g/mol. The molecule has 4 nitrogen and oxygen atoms in total. The van der Waals surface area contributed by atoms with Crippen molar-refractivity contribution in [2.75, 3.05) is 5.75 Å². The number of hydrogen-bond acceptors (Lipinski definition) is 4. The molecule has 5 heteroatoms. The van der Waals surface area contributed by atoms with Crippen LogP contribution in [0.5, 0.6) is 0 Å². The second-order valence-corrected chi connectivity index (χ2v) is 4.89. The number of hydrogen-bond donors (Lipinski definition) is 0. The number of rotatable bonds is 3. The lowest BCUT2D eigenvalue weighted by molar-refractivity contribution is -0.385. The lowest BCUT2D eigenvalue weighted by atomic mass is 10.1. The quantitative estimate of drug-likeness (QED) is 0.364. The average molecular weight is 263 g/mol. The van der Waals surface area contributed by atoms with Crippen LogP contribution in [-0.2, 0) is 4.79 Å². The smallest absolute Gasteiger partial charge is 0.287 e. The van der Waals surface area contributed by atoms with Crippen LogP contribution in [0.25, 0.3) is 0 Å². The number of nitrogens with zero attached hydrogens (tertiary/aromatic N) is 1. The zero-order valence-electron chi connectivity index (χ0n) is 10.2. The van der Waals surface area contributed by atoms with E-state index in [1.165, 1.54) is 18.7 Å². The fourth-order valence-corrected chi connectivity index (χ4v) is 1.90. The zero-order valence-corrected chi connectivity index (χ0v) is 11.0. The van der Waals surface area contributed by atoms with Gasteiger partial charge in [-0.3, -0.25) is 14.9 Å². The summed E-state index contributed by atoms with van der Waals surface area (Å²) in [5.41, 5.74) is 1.09. The highest BCUT2D eigenvalue weighted by atomic mass is 32.2. The normalized spacial score (nSPS) is 9.44. The molecule has 0 bridgehead atoms. The highest BCUT2D eigenvalue weighted by molar-refractivity contribution is 8.13. The highest BCUT2D eigenvalue weighted by Crippen LogP contribution is 2.21. The Morgan fingerprint density at radius 2 is 2.22 bits per heavy atom. The maximum absolute atomic E-state index is 10.9. The van der Waals surface area contributed by atoms with E-state index in [-0.39, 0.29) is 10.8 Å². The number of benzene rings is 1. The van der Waals surface area contributed by atoms with Crippen molar-refractivity contribution in [3.05, 3.63) is 39.4 Å². The van der Waals surface area contributed by atoms with Gasteiger partial charge in [0.05, 0.1) is 4.92 Å². The third-order valence-electron chi connectivity index (χ3n) is 2.18. The van der Waals surface area contributed by atoms with Gasteiger partial charge in [0.2, 0.25) is 0 Å². The lowest BCUT2D eigenvalue weighted by Crippen LogP contribution is -1.95. The number of para-hydroxylation sites is 1. The molecular formula is C13H13NO3S. The Labute approximate surface area is 110 Å². The Kier molecular flexibility index (Phi) is 5.40. The molecule has 0 fully saturated rings. The first-order valence-electron chi connectivity index (χ1n) is 5.38. The zero-order chi connectivity index (χ0) is 13.5. The van der Waals surface area contributed by atoms with Crippen LogP contribution in [0.1, 0.15) is 24.5 Å². The van der Waals surface area contributed by atoms with Crippen molar-refractivity contribution in [1.29, 1.82) is 0 Å². The summed E-state index contributed by atoms with van der Waals surface area (Å²) in [4.78, 5) is 21.2. The van der Waals surface area contributed by atoms with E-state index in [0.29, 0.717) is 23.3 Å². The Morgan fingerprint density at radius 1 is 1.50 bits per heavy atom. The number of nitro groups is 1. The van der Waals surface area contributed by atoms with Crippen LogP contribution in [-0.4, -0.2) is 15.8 Å². The van der Waals surface area contributed by atoms with Crippen molar-refractivity contribution in [3.63, 3.8) is 0 Å². The molecule has 0 heterocycles. The van der Waals surface area contributed by atoms with Gasteiger partial charge in [-0.1, -0.05) is 35.7 Å². The van der Waals surface area contributed by atoms with Crippen molar-refractivity contribution < 1.29 is 9.72 Å². The molecule has 94 valence electrons. The first-order valence-corrected chi connectivity index (χ1v) is 6.37. The van der Waals surface area contributed by atoms with E-state index < -0.39 is 4.92 Å². The topological polar surface area (TPSA) is 60.2 Å². The number of carbonyl (C=O) groups excluding carboxylic acids is 1. The minimum absolute atomic E-state index is 0.0540. The molecule has 0 N–H and O–H groups in total. The molecule has 0 saturated carbocycles. The van der Waals surface area contributed by atoms with E-state index in [9.17, 15) is 14.9 Å². The average Bonchev–Trinajstić information content (AvgIpc) is 2.27. The van der Waals surface area contributed by atoms with Crippen LogP contribution < -0.4 is 0 Å². The third kappa shape index (κ3) is 4.22. The Hall–Kier alpha value is -1.80. The van der Waals surface area contributed by atoms with Gasteiger partial charge in [-0.15, -0.1) is 0 Å². The van der Waals surface area contributed by atoms with Crippen LogP contribution in [0, 0.1) is 28.9 Å². The van der Waals surface area contributed by atoms with Crippen molar-refractivity contribution in [3.8, 4) is 11.8 Å². The molecule has 0 aliphatic rings. The largest absolute Gasteiger partial charge is 0.288 e. The molecule has 0 atom stereocenters. The summed E-state index contributed by atoms with van der Waals surface area (Å²) in [7, 11) is 0. The molecule has 18 heavy (non-hydrogen) atoms. The maximum Gasteiger partial charge on any atom is 0.287 e. The van der Waals surface area contributed by atoms with E-state index in [0.717, 1.165) is 0 Å². The monoisotopic (exact) mass is 263 g/mol. The fraction of sp³-hybridized carbons (Fsp3) is 0.308. The summed E-state index contributed by atoms with van der Waals surface area (Å²) in [6.45, 7) is 3.19. The van der Waals surface area contributed by atoms with Crippen LogP contribution in [0.2, 0.25) is 0 Å². The van der Waals surface area contributed by atoms with Crippen LogP contribution in [0.15, 0.2) is 18.2 Å². The lowest BCUT2D eigenvalue weighted by Gasteiger charge is -1.98. The van der Waals surface area contributed by atoms with Gasteiger partial charge >= 0.3 is 0 Å². The van der Waals surface area contributed by atoms with Crippen molar-refractivity contribution >= 4 is 22.6 Å². The standard InChI is InChI=1S/C13H13NO3S/c1-10-6-5-8-12(13(10)14(16)17)7-3-4-9-18-11(2)15/h5-6,8H,4,9H2,1-2H3. The van der Waals surface area contributed by atoms with E-state index >= 15 is 0 Å². The molecule has 1 aromatic carbocycles. The number of carbonyl (C=O) groups is 1. The number of aryl methyl sites for hydroxylation is 1. The van der Waals surface area contributed by atoms with Gasteiger partial charge in [-0.25, -0.2) is 0 Å². The predicted molar refractivity (Wildman–Crippen MR) is 72.5 cm³/mol. The third-order valence-corrected chi connectivity index (χ3v) is 2.99. The minimum atomic E-state index is -0.413. The van der Waals surface area contributed by atoms with Crippen LogP contribution in [0.4, 0.5) is 5.69 Å². The summed E-state index contributed by atoms with van der Waals surface area (Å²) >= 11 is 1.20. The first kappa shape index (κ1) is 14.3. The molecule has 0 radical (unpaired) electrons. The molecule has 0 aliphatic heterocycles. The van der Waals surface area contributed by atoms with E-state index in [1.807, 2.05) is 0 Å². The molecule has 1 rings (SSSR count). The Balaban J connectivity index is 2.79. The van der Waals surface area contributed by atoms with Crippen LogP contribution >= 0.6 is 11.8 Å². The van der Waals surface area contributed by atoms with Crippen LogP contribution in [0.3, 0.4) is 0 Å². The Morgan fingerprint density at radius 3 is 2.83 bits per heavy atom.